The summed E-state index contributed by atoms with van der Waals surface area (Å²) in [6.45, 7) is 4.35. The number of para-hydroxylation sites is 1. The van der Waals surface area contributed by atoms with E-state index in [2.05, 4.69) is 12.2 Å². The van der Waals surface area contributed by atoms with Crippen molar-refractivity contribution in [1.82, 2.24) is 5.32 Å². The highest BCUT2D eigenvalue weighted by molar-refractivity contribution is 5.34. The molecule has 0 amide bonds. The Labute approximate surface area is 97.1 Å². The van der Waals surface area contributed by atoms with E-state index in [1.165, 1.54) is 0 Å². The SMILES string of the molecule is CC(CCCO)NC(C)c1ccccc1O. The van der Waals surface area contributed by atoms with Crippen molar-refractivity contribution < 1.29 is 10.2 Å². The molecule has 0 saturated carbocycles. The summed E-state index contributed by atoms with van der Waals surface area (Å²) in [7, 11) is 0. The Kier molecular flexibility index (Phi) is 5.29. The molecule has 0 aliphatic rings. The number of nitrogens with one attached hydrogen (secondary N) is 1. The third-order valence-corrected chi connectivity index (χ3v) is 2.73. The predicted molar refractivity (Wildman–Crippen MR) is 65.4 cm³/mol. The van der Waals surface area contributed by atoms with Gasteiger partial charge in [0.25, 0.3) is 0 Å². The zero-order valence-electron chi connectivity index (χ0n) is 9.98. The molecule has 0 aromatic heterocycles. The molecule has 3 N–H and O–H groups in total. The molecule has 2 atom stereocenters. The van der Waals surface area contributed by atoms with Crippen molar-refractivity contribution >= 4 is 0 Å². The van der Waals surface area contributed by atoms with Gasteiger partial charge in [-0.05, 0) is 32.8 Å². The van der Waals surface area contributed by atoms with E-state index in [9.17, 15) is 5.11 Å². The van der Waals surface area contributed by atoms with Gasteiger partial charge >= 0.3 is 0 Å². The molecule has 0 heterocycles. The molecule has 2 unspecified atom stereocenters. The quantitative estimate of drug-likeness (QED) is 0.693. The first-order valence-corrected chi connectivity index (χ1v) is 5.80. The van der Waals surface area contributed by atoms with E-state index in [0.717, 1.165) is 18.4 Å². The van der Waals surface area contributed by atoms with Crippen molar-refractivity contribution in [3.63, 3.8) is 0 Å². The van der Waals surface area contributed by atoms with Crippen LogP contribution in [0.2, 0.25) is 0 Å². The number of hydrogen-bond donors (Lipinski definition) is 3. The Bertz CT molecular complexity index is 315. The average Bonchev–Trinajstić information content (AvgIpc) is 2.26. The van der Waals surface area contributed by atoms with Crippen LogP contribution in [-0.4, -0.2) is 22.9 Å². The van der Waals surface area contributed by atoms with E-state index in [1.807, 2.05) is 25.1 Å². The Morgan fingerprint density at radius 2 is 1.94 bits per heavy atom. The molecule has 0 saturated heterocycles. The maximum atomic E-state index is 9.69. The van der Waals surface area contributed by atoms with Gasteiger partial charge in [-0.3, -0.25) is 0 Å². The highest BCUT2D eigenvalue weighted by Gasteiger charge is 2.11. The minimum atomic E-state index is 0.120. The van der Waals surface area contributed by atoms with Crippen LogP contribution < -0.4 is 5.32 Å². The van der Waals surface area contributed by atoms with Gasteiger partial charge in [-0.25, -0.2) is 0 Å². The summed E-state index contributed by atoms with van der Waals surface area (Å²) in [5.41, 5.74) is 0.915. The van der Waals surface area contributed by atoms with Crippen molar-refractivity contribution in [1.29, 1.82) is 0 Å². The Morgan fingerprint density at radius 3 is 2.56 bits per heavy atom. The zero-order valence-corrected chi connectivity index (χ0v) is 9.98. The second kappa shape index (κ2) is 6.51. The van der Waals surface area contributed by atoms with Crippen molar-refractivity contribution in [3.05, 3.63) is 29.8 Å². The molecular weight excluding hydrogens is 202 g/mol. The summed E-state index contributed by atoms with van der Waals surface area (Å²) >= 11 is 0. The van der Waals surface area contributed by atoms with E-state index >= 15 is 0 Å². The third-order valence-electron chi connectivity index (χ3n) is 2.73. The molecule has 1 aromatic rings. The maximum absolute atomic E-state index is 9.69. The van der Waals surface area contributed by atoms with Crippen LogP contribution in [0.5, 0.6) is 5.75 Å². The number of aliphatic hydroxyl groups is 1. The van der Waals surface area contributed by atoms with Crippen LogP contribution in [0.25, 0.3) is 0 Å². The van der Waals surface area contributed by atoms with Crippen LogP contribution in [0.4, 0.5) is 0 Å². The monoisotopic (exact) mass is 223 g/mol. The number of benzene rings is 1. The topological polar surface area (TPSA) is 52.5 Å². The average molecular weight is 223 g/mol. The fraction of sp³-hybridized carbons (Fsp3) is 0.538. The molecule has 16 heavy (non-hydrogen) atoms. The second-order valence-electron chi connectivity index (χ2n) is 4.21. The molecule has 3 nitrogen and oxygen atoms in total. The highest BCUT2D eigenvalue weighted by atomic mass is 16.3. The third kappa shape index (κ3) is 3.83. The summed E-state index contributed by atoms with van der Waals surface area (Å²) < 4.78 is 0. The van der Waals surface area contributed by atoms with Gasteiger partial charge in [-0.15, -0.1) is 0 Å². The van der Waals surface area contributed by atoms with Crippen LogP contribution in [-0.2, 0) is 0 Å². The van der Waals surface area contributed by atoms with E-state index < -0.39 is 0 Å². The lowest BCUT2D eigenvalue weighted by Crippen LogP contribution is -2.29. The van der Waals surface area contributed by atoms with Crippen LogP contribution in [0.15, 0.2) is 24.3 Å². The fourth-order valence-electron chi connectivity index (χ4n) is 1.85. The molecular formula is C13H21NO2. The van der Waals surface area contributed by atoms with Gasteiger partial charge in [-0.2, -0.15) is 0 Å². The lowest BCUT2D eigenvalue weighted by Gasteiger charge is -2.20. The molecule has 1 aromatic carbocycles. The van der Waals surface area contributed by atoms with Crippen molar-refractivity contribution in [2.75, 3.05) is 6.61 Å². The van der Waals surface area contributed by atoms with Crippen LogP contribution in [0, 0.1) is 0 Å². The van der Waals surface area contributed by atoms with Crippen molar-refractivity contribution in [3.8, 4) is 5.75 Å². The second-order valence-corrected chi connectivity index (χ2v) is 4.21. The van der Waals surface area contributed by atoms with Crippen molar-refractivity contribution in [2.24, 2.45) is 0 Å². The maximum Gasteiger partial charge on any atom is 0.120 e. The van der Waals surface area contributed by atoms with Crippen LogP contribution >= 0.6 is 0 Å². The first-order valence-electron chi connectivity index (χ1n) is 5.80. The standard InChI is InChI=1S/C13H21NO2/c1-10(6-5-9-15)14-11(2)12-7-3-4-8-13(12)16/h3-4,7-8,10-11,14-16H,5-6,9H2,1-2H3. The zero-order chi connectivity index (χ0) is 12.0. The van der Waals surface area contributed by atoms with Gasteiger partial charge in [0.1, 0.15) is 5.75 Å². The van der Waals surface area contributed by atoms with E-state index in [4.69, 9.17) is 5.11 Å². The van der Waals surface area contributed by atoms with E-state index in [0.29, 0.717) is 11.8 Å². The fourth-order valence-corrected chi connectivity index (χ4v) is 1.85. The Hall–Kier alpha value is -1.06. The van der Waals surface area contributed by atoms with Gasteiger partial charge < -0.3 is 15.5 Å². The van der Waals surface area contributed by atoms with Crippen LogP contribution in [0.3, 0.4) is 0 Å². The minimum Gasteiger partial charge on any atom is -0.508 e. The number of aromatic hydroxyl groups is 1. The molecule has 0 fully saturated rings. The molecule has 0 aliphatic carbocycles. The van der Waals surface area contributed by atoms with Gasteiger partial charge in [0.15, 0.2) is 0 Å². The number of phenolic OH excluding ortho intramolecular Hbond substituents is 1. The Morgan fingerprint density at radius 1 is 1.25 bits per heavy atom. The normalized spacial score (nSPS) is 14.7. The summed E-state index contributed by atoms with van der Waals surface area (Å²) in [4.78, 5) is 0. The number of rotatable bonds is 6. The summed E-state index contributed by atoms with van der Waals surface area (Å²) in [5.74, 6) is 0.330. The lowest BCUT2D eigenvalue weighted by atomic mass is 10.1. The smallest absolute Gasteiger partial charge is 0.120 e. The largest absolute Gasteiger partial charge is 0.508 e. The van der Waals surface area contributed by atoms with E-state index in [-0.39, 0.29) is 12.6 Å². The number of aliphatic hydroxyl groups excluding tert-OH is 1. The van der Waals surface area contributed by atoms with Gasteiger partial charge in [0.05, 0.1) is 0 Å². The van der Waals surface area contributed by atoms with Gasteiger partial charge in [0, 0.05) is 24.3 Å². The molecule has 1 rings (SSSR count). The highest BCUT2D eigenvalue weighted by Crippen LogP contribution is 2.23. The van der Waals surface area contributed by atoms with Crippen LogP contribution in [0.1, 0.15) is 38.3 Å². The molecule has 3 heteroatoms. The molecule has 0 bridgehead atoms. The first-order chi connectivity index (χ1) is 7.65. The molecule has 90 valence electrons. The Balaban J connectivity index is 2.52. The first kappa shape index (κ1) is 13.0. The summed E-state index contributed by atoms with van der Waals surface area (Å²) in [6.07, 6.45) is 1.75. The summed E-state index contributed by atoms with van der Waals surface area (Å²) in [5, 5.41) is 21.8. The van der Waals surface area contributed by atoms with E-state index in [1.54, 1.807) is 6.07 Å². The minimum absolute atomic E-state index is 0.120. The molecule has 0 aliphatic heterocycles. The van der Waals surface area contributed by atoms with Crippen molar-refractivity contribution in [2.45, 2.75) is 38.8 Å². The van der Waals surface area contributed by atoms with Gasteiger partial charge in [-0.1, -0.05) is 18.2 Å². The summed E-state index contributed by atoms with van der Waals surface area (Å²) in [6, 6.07) is 7.82. The number of phenols is 1. The number of hydrogen-bond acceptors (Lipinski definition) is 3. The van der Waals surface area contributed by atoms with Gasteiger partial charge in [0.2, 0.25) is 0 Å². The molecule has 0 radical (unpaired) electrons. The molecule has 0 spiro atoms. The predicted octanol–water partition coefficient (Wildman–Crippen LogP) is 2.20. The lowest BCUT2D eigenvalue weighted by molar-refractivity contribution is 0.274.